The van der Waals surface area contributed by atoms with Crippen molar-refractivity contribution in [3.8, 4) is 6.07 Å². The number of aliphatic hydroxyl groups is 1. The van der Waals surface area contributed by atoms with Gasteiger partial charge >= 0.3 is 0 Å². The third-order valence-corrected chi connectivity index (χ3v) is 3.74. The molecule has 0 radical (unpaired) electrons. The molecule has 0 unspecified atom stereocenters. The van der Waals surface area contributed by atoms with E-state index < -0.39 is 0 Å². The second-order valence-electron chi connectivity index (χ2n) is 5.38. The number of aromatic nitrogens is 3. The Bertz CT molecular complexity index is 990. The molecule has 2 heterocycles. The Morgan fingerprint density at radius 2 is 2.04 bits per heavy atom. The van der Waals surface area contributed by atoms with Crippen molar-refractivity contribution in [1.29, 1.82) is 5.26 Å². The molecule has 1 aromatic carbocycles. The number of nitrogens with one attached hydrogen (secondary N) is 1. The zero-order valence-electron chi connectivity index (χ0n) is 13.8. The van der Waals surface area contributed by atoms with Crippen LogP contribution in [0.4, 0.5) is 17.2 Å². The predicted octanol–water partition coefficient (Wildman–Crippen LogP) is 3.78. The maximum absolute atomic E-state index is 9.35. The number of anilines is 2. The lowest BCUT2D eigenvalue weighted by molar-refractivity contribution is 0.412. The molecule has 7 nitrogen and oxygen atoms in total. The van der Waals surface area contributed by atoms with Gasteiger partial charge in [0.2, 0.25) is 0 Å². The number of nitrogens with zero attached hydrogens (tertiary/aromatic N) is 5. The molecule has 25 heavy (non-hydrogen) atoms. The number of fused-ring (bicyclic) bond motifs is 1. The zero-order chi connectivity index (χ0) is 17.8. The number of H-pyrrole nitrogens is 1. The number of aliphatic imine (C=N–C) groups is 1. The molecule has 0 aliphatic heterocycles. The van der Waals surface area contributed by atoms with Gasteiger partial charge in [-0.2, -0.15) is 5.26 Å². The lowest BCUT2D eigenvalue weighted by Crippen LogP contribution is -2.11. The Hall–Kier alpha value is -3.66. The van der Waals surface area contributed by atoms with Gasteiger partial charge in [0.15, 0.2) is 0 Å². The standard InChI is InChI=1S/C18H16N6O/c1-12(25)13(9-19)10-21-14-3-5-15(6-4-14)24(2)18-16-7-8-20-17(16)22-11-23-18/h3-8,10-11,25H,1-2H3,(H,20,22,23)/b13-12+,21-10+. The van der Waals surface area contributed by atoms with Crippen molar-refractivity contribution in [2.75, 3.05) is 11.9 Å². The highest BCUT2D eigenvalue weighted by Crippen LogP contribution is 2.28. The van der Waals surface area contributed by atoms with Crippen LogP contribution < -0.4 is 4.90 Å². The van der Waals surface area contributed by atoms with Gasteiger partial charge in [-0.1, -0.05) is 0 Å². The molecule has 7 heteroatoms. The summed E-state index contributed by atoms with van der Waals surface area (Å²) in [6.07, 6.45) is 4.70. The number of allylic oxidation sites excluding steroid dienone is 2. The first kappa shape index (κ1) is 16.2. The third-order valence-electron chi connectivity index (χ3n) is 3.74. The molecule has 0 aliphatic rings. The number of hydrogen-bond acceptors (Lipinski definition) is 6. The highest BCUT2D eigenvalue weighted by molar-refractivity contribution is 5.89. The summed E-state index contributed by atoms with van der Waals surface area (Å²) >= 11 is 0. The molecule has 0 amide bonds. The molecule has 3 rings (SSSR count). The number of nitriles is 1. The summed E-state index contributed by atoms with van der Waals surface area (Å²) in [5, 5.41) is 19.2. The number of benzene rings is 1. The van der Waals surface area contributed by atoms with Crippen LogP contribution in [0.3, 0.4) is 0 Å². The second kappa shape index (κ2) is 6.84. The van der Waals surface area contributed by atoms with Crippen molar-refractivity contribution in [3.63, 3.8) is 0 Å². The first-order chi connectivity index (χ1) is 12.1. The second-order valence-corrected chi connectivity index (χ2v) is 5.38. The van der Waals surface area contributed by atoms with Crippen LogP contribution in [0.15, 0.2) is 59.2 Å². The fourth-order valence-electron chi connectivity index (χ4n) is 2.35. The van der Waals surface area contributed by atoms with E-state index >= 15 is 0 Å². The summed E-state index contributed by atoms with van der Waals surface area (Å²) in [4.78, 5) is 17.8. The Balaban J connectivity index is 1.85. The quantitative estimate of drug-likeness (QED) is 0.430. The topological polar surface area (TPSA) is 101 Å². The van der Waals surface area contributed by atoms with Crippen LogP contribution in [0.2, 0.25) is 0 Å². The summed E-state index contributed by atoms with van der Waals surface area (Å²) in [5.74, 6) is 0.745. The van der Waals surface area contributed by atoms with Gasteiger partial charge in [-0.25, -0.2) is 9.97 Å². The number of aromatic amines is 1. The smallest absolute Gasteiger partial charge is 0.145 e. The van der Waals surface area contributed by atoms with Crippen LogP contribution in [0, 0.1) is 11.3 Å². The van der Waals surface area contributed by atoms with Gasteiger partial charge < -0.3 is 15.0 Å². The fraction of sp³-hybridized carbons (Fsp3) is 0.111. The van der Waals surface area contributed by atoms with Crippen molar-refractivity contribution in [2.24, 2.45) is 4.99 Å². The molecule has 0 saturated heterocycles. The summed E-state index contributed by atoms with van der Waals surface area (Å²) in [5.41, 5.74) is 2.54. The lowest BCUT2D eigenvalue weighted by atomic mass is 10.2. The van der Waals surface area contributed by atoms with E-state index in [2.05, 4.69) is 19.9 Å². The Labute approximate surface area is 144 Å². The monoisotopic (exact) mass is 332 g/mol. The fourth-order valence-corrected chi connectivity index (χ4v) is 2.35. The van der Waals surface area contributed by atoms with Gasteiger partial charge in [-0.05, 0) is 37.3 Å². The van der Waals surface area contributed by atoms with E-state index in [4.69, 9.17) is 5.26 Å². The van der Waals surface area contributed by atoms with Crippen LogP contribution in [0.5, 0.6) is 0 Å². The van der Waals surface area contributed by atoms with Gasteiger partial charge in [0.25, 0.3) is 0 Å². The molecule has 0 fully saturated rings. The van der Waals surface area contributed by atoms with Crippen molar-refractivity contribution in [2.45, 2.75) is 6.92 Å². The summed E-state index contributed by atoms with van der Waals surface area (Å²) in [6, 6.07) is 11.3. The van der Waals surface area contributed by atoms with Gasteiger partial charge in [-0.15, -0.1) is 0 Å². The minimum absolute atomic E-state index is 0.0538. The van der Waals surface area contributed by atoms with Crippen LogP contribution in [0.25, 0.3) is 11.0 Å². The van der Waals surface area contributed by atoms with Gasteiger partial charge in [0.1, 0.15) is 35.2 Å². The number of aliphatic hydroxyl groups excluding tert-OH is 1. The average Bonchev–Trinajstić information content (AvgIpc) is 3.10. The van der Waals surface area contributed by atoms with Crippen molar-refractivity contribution < 1.29 is 5.11 Å². The van der Waals surface area contributed by atoms with E-state index in [-0.39, 0.29) is 11.3 Å². The van der Waals surface area contributed by atoms with Crippen molar-refractivity contribution >= 4 is 34.4 Å². The molecule has 0 aliphatic carbocycles. The minimum Gasteiger partial charge on any atom is -0.511 e. The molecule has 124 valence electrons. The zero-order valence-corrected chi connectivity index (χ0v) is 13.8. The Morgan fingerprint density at radius 3 is 2.72 bits per heavy atom. The third kappa shape index (κ3) is 3.33. The van der Waals surface area contributed by atoms with Crippen LogP contribution in [-0.4, -0.2) is 33.3 Å². The number of rotatable bonds is 4. The molecule has 2 N–H and O–H groups in total. The molecule has 0 bridgehead atoms. The molecule has 0 spiro atoms. The molecule has 0 saturated carbocycles. The highest BCUT2D eigenvalue weighted by Gasteiger charge is 2.10. The summed E-state index contributed by atoms with van der Waals surface area (Å²) in [6.45, 7) is 1.45. The van der Waals surface area contributed by atoms with E-state index in [1.807, 2.05) is 54.5 Å². The predicted molar refractivity (Wildman–Crippen MR) is 97.5 cm³/mol. The van der Waals surface area contributed by atoms with Crippen molar-refractivity contribution in [3.05, 3.63) is 54.2 Å². The normalized spacial score (nSPS) is 12.2. The molecular weight excluding hydrogens is 316 g/mol. The van der Waals surface area contributed by atoms with Crippen molar-refractivity contribution in [1.82, 2.24) is 15.0 Å². The van der Waals surface area contributed by atoms with Gasteiger partial charge in [0, 0.05) is 25.1 Å². The maximum Gasteiger partial charge on any atom is 0.145 e. The van der Waals surface area contributed by atoms with Gasteiger partial charge in [0.05, 0.1) is 11.1 Å². The highest BCUT2D eigenvalue weighted by atomic mass is 16.3. The average molecular weight is 332 g/mol. The first-order valence-electron chi connectivity index (χ1n) is 7.56. The molecule has 3 aromatic rings. The Kier molecular flexibility index (Phi) is 4.44. The van der Waals surface area contributed by atoms with Crippen LogP contribution in [-0.2, 0) is 0 Å². The first-order valence-corrected chi connectivity index (χ1v) is 7.56. The maximum atomic E-state index is 9.35. The largest absolute Gasteiger partial charge is 0.511 e. The van der Waals surface area contributed by atoms with E-state index in [0.29, 0.717) is 5.69 Å². The van der Waals surface area contributed by atoms with Crippen LogP contribution in [0.1, 0.15) is 6.92 Å². The van der Waals surface area contributed by atoms with E-state index in [1.54, 1.807) is 0 Å². The SMILES string of the molecule is C/C(O)=C(C#N)\C=N\c1ccc(N(C)c2ncnc3[nH]ccc23)cc1. The molecular formula is C18H16N6O. The number of hydrogen-bond donors (Lipinski definition) is 2. The van der Waals surface area contributed by atoms with E-state index in [9.17, 15) is 5.11 Å². The van der Waals surface area contributed by atoms with E-state index in [0.717, 1.165) is 22.5 Å². The van der Waals surface area contributed by atoms with Crippen LogP contribution >= 0.6 is 0 Å². The molecule has 2 aromatic heterocycles. The van der Waals surface area contributed by atoms with E-state index in [1.165, 1.54) is 19.5 Å². The Morgan fingerprint density at radius 1 is 1.28 bits per heavy atom. The molecule has 0 atom stereocenters. The summed E-state index contributed by atoms with van der Waals surface area (Å²) in [7, 11) is 1.93. The lowest BCUT2D eigenvalue weighted by Gasteiger charge is -2.18. The van der Waals surface area contributed by atoms with Gasteiger partial charge in [-0.3, -0.25) is 4.99 Å². The minimum atomic E-state index is -0.0538. The summed E-state index contributed by atoms with van der Waals surface area (Å²) < 4.78 is 0.